The van der Waals surface area contributed by atoms with Gasteiger partial charge in [0.05, 0.1) is 7.11 Å². The Hall–Kier alpha value is -1.59. The van der Waals surface area contributed by atoms with E-state index in [9.17, 15) is 0 Å². The quantitative estimate of drug-likeness (QED) is 0.766. The van der Waals surface area contributed by atoms with E-state index in [1.807, 2.05) is 36.4 Å². The molecule has 5 heteroatoms. The number of nitrogens with one attached hydrogen (secondary N) is 1. The summed E-state index contributed by atoms with van der Waals surface area (Å²) in [6.45, 7) is 0.791. The van der Waals surface area contributed by atoms with Crippen molar-refractivity contribution in [3.63, 3.8) is 0 Å². The van der Waals surface area contributed by atoms with Crippen LogP contribution in [-0.4, -0.2) is 18.6 Å². The lowest BCUT2D eigenvalue weighted by Crippen LogP contribution is -2.15. The van der Waals surface area contributed by atoms with Crippen LogP contribution in [0.25, 0.3) is 0 Å². The van der Waals surface area contributed by atoms with Crippen LogP contribution in [0.15, 0.2) is 46.9 Å². The van der Waals surface area contributed by atoms with Crippen molar-refractivity contribution in [3.05, 3.63) is 58.1 Å². The Labute approximate surface area is 138 Å². The number of hydrogen-bond donors (Lipinski definition) is 2. The summed E-state index contributed by atoms with van der Waals surface area (Å²) in [4.78, 5) is 0.381. The van der Waals surface area contributed by atoms with Gasteiger partial charge in [-0.15, -0.1) is 0 Å². The van der Waals surface area contributed by atoms with E-state index in [2.05, 4.69) is 27.3 Å². The Morgan fingerprint density at radius 2 is 2.05 bits per heavy atom. The van der Waals surface area contributed by atoms with Crippen LogP contribution in [0.3, 0.4) is 0 Å². The van der Waals surface area contributed by atoms with Crippen molar-refractivity contribution in [3.8, 4) is 5.75 Å². The standard InChI is InChI=1S/C16H17BrN2OS/c1-20-12-5-2-4-11(10-12)8-9-19-14-7-3-6-13(17)15(14)16(18)21/h2-7,10,19H,8-9H2,1H3,(H2,18,21). The Morgan fingerprint density at radius 1 is 1.29 bits per heavy atom. The van der Waals surface area contributed by atoms with Crippen molar-refractivity contribution in [2.45, 2.75) is 6.42 Å². The minimum Gasteiger partial charge on any atom is -0.497 e. The van der Waals surface area contributed by atoms with Gasteiger partial charge < -0.3 is 15.8 Å². The molecule has 0 atom stereocenters. The number of hydrogen-bond acceptors (Lipinski definition) is 3. The van der Waals surface area contributed by atoms with Crippen LogP contribution >= 0.6 is 28.1 Å². The van der Waals surface area contributed by atoms with Gasteiger partial charge >= 0.3 is 0 Å². The first-order valence-electron chi connectivity index (χ1n) is 6.57. The highest BCUT2D eigenvalue weighted by Gasteiger charge is 2.08. The van der Waals surface area contributed by atoms with Gasteiger partial charge in [0.1, 0.15) is 10.7 Å². The second-order valence-corrected chi connectivity index (χ2v) is 5.85. The van der Waals surface area contributed by atoms with Gasteiger partial charge in [0.15, 0.2) is 0 Å². The smallest absolute Gasteiger partial charge is 0.119 e. The molecule has 0 fully saturated rings. The zero-order valence-corrected chi connectivity index (χ0v) is 14.1. The van der Waals surface area contributed by atoms with E-state index in [0.717, 1.165) is 34.4 Å². The molecule has 110 valence electrons. The molecule has 0 aliphatic heterocycles. The van der Waals surface area contributed by atoms with E-state index in [4.69, 9.17) is 22.7 Å². The minimum atomic E-state index is 0.381. The van der Waals surface area contributed by atoms with Crippen LogP contribution in [-0.2, 0) is 6.42 Å². The largest absolute Gasteiger partial charge is 0.497 e. The third-order valence-electron chi connectivity index (χ3n) is 3.12. The zero-order chi connectivity index (χ0) is 15.2. The molecular formula is C16H17BrN2OS. The highest BCUT2D eigenvalue weighted by atomic mass is 79.9. The van der Waals surface area contributed by atoms with Gasteiger partial charge in [-0.1, -0.05) is 30.4 Å². The van der Waals surface area contributed by atoms with Crippen molar-refractivity contribution >= 4 is 38.8 Å². The van der Waals surface area contributed by atoms with Crippen molar-refractivity contribution in [1.29, 1.82) is 0 Å². The molecule has 0 aliphatic rings. The minimum absolute atomic E-state index is 0.381. The highest BCUT2D eigenvalue weighted by Crippen LogP contribution is 2.24. The van der Waals surface area contributed by atoms with Crippen molar-refractivity contribution in [2.75, 3.05) is 19.0 Å². The molecule has 0 aromatic heterocycles. The van der Waals surface area contributed by atoms with Gasteiger partial charge in [-0.25, -0.2) is 0 Å². The maximum absolute atomic E-state index is 5.78. The summed E-state index contributed by atoms with van der Waals surface area (Å²) in [7, 11) is 1.67. The first-order valence-corrected chi connectivity index (χ1v) is 7.77. The summed E-state index contributed by atoms with van der Waals surface area (Å²) in [5, 5.41) is 3.38. The van der Waals surface area contributed by atoms with Gasteiger partial charge in [-0.2, -0.15) is 0 Å². The van der Waals surface area contributed by atoms with Gasteiger partial charge in [-0.3, -0.25) is 0 Å². The monoisotopic (exact) mass is 364 g/mol. The zero-order valence-electron chi connectivity index (χ0n) is 11.7. The number of ether oxygens (including phenoxy) is 1. The molecule has 0 amide bonds. The van der Waals surface area contributed by atoms with Crippen molar-refractivity contribution in [1.82, 2.24) is 0 Å². The fourth-order valence-electron chi connectivity index (χ4n) is 2.09. The number of nitrogens with two attached hydrogens (primary N) is 1. The second-order valence-electron chi connectivity index (χ2n) is 4.55. The van der Waals surface area contributed by atoms with Gasteiger partial charge in [-0.05, 0) is 52.2 Å². The van der Waals surface area contributed by atoms with Gasteiger partial charge in [0.2, 0.25) is 0 Å². The highest BCUT2D eigenvalue weighted by molar-refractivity contribution is 9.10. The molecule has 0 radical (unpaired) electrons. The van der Waals surface area contributed by atoms with E-state index in [1.165, 1.54) is 5.56 Å². The average Bonchev–Trinajstić information content (AvgIpc) is 2.47. The van der Waals surface area contributed by atoms with E-state index in [0.29, 0.717) is 4.99 Å². The fourth-order valence-corrected chi connectivity index (χ4v) is 3.02. The Bertz CT molecular complexity index is 646. The van der Waals surface area contributed by atoms with E-state index < -0.39 is 0 Å². The third kappa shape index (κ3) is 4.19. The lowest BCUT2D eigenvalue weighted by Gasteiger charge is -2.13. The molecule has 0 saturated carbocycles. The van der Waals surface area contributed by atoms with E-state index in [-0.39, 0.29) is 0 Å². The predicted molar refractivity (Wildman–Crippen MR) is 95.2 cm³/mol. The van der Waals surface area contributed by atoms with Crippen LogP contribution < -0.4 is 15.8 Å². The SMILES string of the molecule is COc1cccc(CCNc2cccc(Br)c2C(N)=S)c1. The van der Waals surface area contributed by atoms with Crippen molar-refractivity contribution < 1.29 is 4.74 Å². The Morgan fingerprint density at radius 3 is 2.76 bits per heavy atom. The molecule has 0 spiro atoms. The summed E-state index contributed by atoms with van der Waals surface area (Å²) in [6, 6.07) is 13.9. The molecule has 0 heterocycles. The second kappa shape index (κ2) is 7.43. The lowest BCUT2D eigenvalue weighted by molar-refractivity contribution is 0.414. The molecule has 2 rings (SSSR count). The lowest BCUT2D eigenvalue weighted by atomic mass is 10.1. The molecule has 0 aliphatic carbocycles. The topological polar surface area (TPSA) is 47.3 Å². The number of methoxy groups -OCH3 is 1. The Balaban J connectivity index is 2.03. The van der Waals surface area contributed by atoms with E-state index in [1.54, 1.807) is 7.11 Å². The summed E-state index contributed by atoms with van der Waals surface area (Å²) < 4.78 is 6.13. The number of thiocarbonyl (C=S) groups is 1. The van der Waals surface area contributed by atoms with Crippen molar-refractivity contribution in [2.24, 2.45) is 5.73 Å². The van der Waals surface area contributed by atoms with Gasteiger partial charge in [0.25, 0.3) is 0 Å². The fraction of sp³-hybridized carbons (Fsp3) is 0.188. The van der Waals surface area contributed by atoms with Crippen LogP contribution in [0.2, 0.25) is 0 Å². The summed E-state index contributed by atoms with van der Waals surface area (Å²) >= 11 is 8.58. The summed E-state index contributed by atoms with van der Waals surface area (Å²) in [5.41, 5.74) is 8.79. The third-order valence-corrected chi connectivity index (χ3v) is 3.99. The normalized spacial score (nSPS) is 10.2. The van der Waals surface area contributed by atoms with Crippen LogP contribution in [0.5, 0.6) is 5.75 Å². The van der Waals surface area contributed by atoms with Crippen LogP contribution in [0.1, 0.15) is 11.1 Å². The molecule has 0 saturated heterocycles. The number of rotatable bonds is 6. The molecule has 0 unspecified atom stereocenters. The maximum Gasteiger partial charge on any atom is 0.119 e. The van der Waals surface area contributed by atoms with Crippen LogP contribution in [0, 0.1) is 0 Å². The number of benzene rings is 2. The first-order chi connectivity index (χ1) is 10.1. The maximum atomic E-state index is 5.78. The summed E-state index contributed by atoms with van der Waals surface area (Å²) in [6.07, 6.45) is 0.889. The predicted octanol–water partition coefficient (Wildman–Crippen LogP) is 3.75. The van der Waals surface area contributed by atoms with E-state index >= 15 is 0 Å². The molecule has 3 N–H and O–H groups in total. The first kappa shape index (κ1) is 15.8. The Kier molecular flexibility index (Phi) is 5.59. The summed E-state index contributed by atoms with van der Waals surface area (Å²) in [5.74, 6) is 0.874. The molecule has 2 aromatic rings. The molecule has 3 nitrogen and oxygen atoms in total. The van der Waals surface area contributed by atoms with Crippen LogP contribution in [0.4, 0.5) is 5.69 Å². The number of halogens is 1. The molecular weight excluding hydrogens is 348 g/mol. The molecule has 2 aromatic carbocycles. The van der Waals surface area contributed by atoms with Gasteiger partial charge in [0, 0.05) is 22.3 Å². The average molecular weight is 365 g/mol. The number of anilines is 1. The molecule has 21 heavy (non-hydrogen) atoms. The molecule has 0 bridgehead atoms.